The Kier molecular flexibility index (Phi) is 8.07. The molecule has 17 heteroatoms. The maximum atomic E-state index is 17.2. The molecule has 0 radical (unpaired) electrons. The largest absolute Gasteiger partial charge is 0.491 e. The lowest BCUT2D eigenvalue weighted by Gasteiger charge is -2.41. The third kappa shape index (κ3) is 5.15. The van der Waals surface area contributed by atoms with Gasteiger partial charge >= 0.3 is 6.01 Å². The zero-order valence-electron chi connectivity index (χ0n) is 26.2. The van der Waals surface area contributed by atoms with Crippen LogP contribution in [0.25, 0.3) is 32.1 Å². The Morgan fingerprint density at radius 2 is 2.08 bits per heavy atom. The number of piperazine rings is 1. The van der Waals surface area contributed by atoms with E-state index in [4.69, 9.17) is 26.8 Å². The molecule has 2 aromatic carbocycles. The summed E-state index contributed by atoms with van der Waals surface area (Å²) in [5.41, 5.74) is 4.89. The summed E-state index contributed by atoms with van der Waals surface area (Å²) in [5, 5.41) is 12.4. The van der Waals surface area contributed by atoms with Crippen molar-refractivity contribution in [3.8, 4) is 29.0 Å². The highest BCUT2D eigenvalue weighted by atomic mass is 35.5. The van der Waals surface area contributed by atoms with Crippen molar-refractivity contribution in [2.75, 3.05) is 43.5 Å². The van der Waals surface area contributed by atoms with Crippen molar-refractivity contribution in [1.82, 2.24) is 20.2 Å². The summed E-state index contributed by atoms with van der Waals surface area (Å²) in [7, 11) is 0. The third-order valence-corrected chi connectivity index (χ3v) is 11.6. The van der Waals surface area contributed by atoms with Crippen molar-refractivity contribution in [3.63, 3.8) is 0 Å². The van der Waals surface area contributed by atoms with Crippen molar-refractivity contribution < 1.29 is 36.2 Å². The number of hydrogen-bond acceptors (Lipinski definition) is 10. The number of nitrogens with zero attached hydrogens (tertiary/aromatic N) is 5. The number of alkyl halides is 3. The van der Waals surface area contributed by atoms with E-state index in [-0.39, 0.29) is 104 Å². The smallest absolute Gasteiger partial charge is 0.319 e. The van der Waals surface area contributed by atoms with E-state index in [2.05, 4.69) is 15.3 Å². The number of fused-ring (bicyclic) bond motifs is 4. The number of nitriles is 1. The maximum Gasteiger partial charge on any atom is 0.319 e. The summed E-state index contributed by atoms with van der Waals surface area (Å²) in [4.78, 5) is 26.0. The van der Waals surface area contributed by atoms with Crippen LogP contribution in [0.2, 0.25) is 5.02 Å². The minimum Gasteiger partial charge on any atom is -0.491 e. The molecule has 0 saturated carbocycles. The molecule has 6 heterocycles. The highest BCUT2D eigenvalue weighted by Gasteiger charge is 2.49. The molecule has 3 saturated heterocycles. The van der Waals surface area contributed by atoms with Crippen LogP contribution in [0.3, 0.4) is 0 Å². The van der Waals surface area contributed by atoms with Crippen LogP contribution in [0.5, 0.6) is 11.8 Å². The lowest BCUT2D eigenvalue weighted by atomic mass is 9.95. The number of aromatic nitrogens is 2. The summed E-state index contributed by atoms with van der Waals surface area (Å²) >= 11 is 7.81. The number of benzene rings is 2. The van der Waals surface area contributed by atoms with Crippen LogP contribution in [-0.4, -0.2) is 83.8 Å². The van der Waals surface area contributed by atoms with Crippen LogP contribution in [0.1, 0.15) is 37.7 Å². The van der Waals surface area contributed by atoms with E-state index in [1.165, 1.54) is 11.0 Å². The second-order valence-electron chi connectivity index (χ2n) is 13.1. The molecule has 4 aromatic rings. The minimum atomic E-state index is -2.71. The molecule has 2 aromatic heterocycles. The number of ether oxygens (including phenoxy) is 2. The molecule has 4 aliphatic heterocycles. The number of nitrogens with two attached hydrogens (primary N) is 1. The van der Waals surface area contributed by atoms with E-state index < -0.39 is 54.2 Å². The van der Waals surface area contributed by atoms with Gasteiger partial charge in [0.05, 0.1) is 38.9 Å². The molecule has 0 aliphatic carbocycles. The molecule has 8 rings (SSSR count). The number of carbonyl (C=O) groups excluding carboxylic acids is 1. The maximum absolute atomic E-state index is 17.2. The molecule has 0 bridgehead atoms. The molecule has 3 N–H and O–H groups in total. The second-order valence-corrected chi connectivity index (χ2v) is 14.6. The molecule has 262 valence electrons. The Bertz CT molecular complexity index is 2110. The molecule has 10 nitrogen and oxygen atoms in total. The van der Waals surface area contributed by atoms with Gasteiger partial charge in [-0.2, -0.15) is 15.2 Å². The Balaban J connectivity index is 1.36. The zero-order chi connectivity index (χ0) is 35.1. The molecule has 4 aliphatic rings. The van der Waals surface area contributed by atoms with Crippen LogP contribution < -0.4 is 25.4 Å². The van der Waals surface area contributed by atoms with Gasteiger partial charge in [-0.15, -0.1) is 11.3 Å². The van der Waals surface area contributed by atoms with Crippen LogP contribution in [0, 0.1) is 23.0 Å². The highest BCUT2D eigenvalue weighted by molar-refractivity contribution is 7.23. The van der Waals surface area contributed by atoms with Crippen molar-refractivity contribution in [3.05, 3.63) is 34.4 Å². The number of rotatable bonds is 6. The Morgan fingerprint density at radius 1 is 1.26 bits per heavy atom. The molecule has 0 spiro atoms. The normalized spacial score (nSPS) is 24.9. The van der Waals surface area contributed by atoms with Gasteiger partial charge in [0.2, 0.25) is 12.3 Å². The number of halogens is 6. The van der Waals surface area contributed by atoms with Gasteiger partial charge in [0.25, 0.3) is 0 Å². The van der Waals surface area contributed by atoms with Gasteiger partial charge in [-0.1, -0.05) is 17.7 Å². The van der Waals surface area contributed by atoms with Gasteiger partial charge in [0.1, 0.15) is 47.0 Å². The average Bonchev–Trinajstić information content (AvgIpc) is 3.71. The SMILES string of the molecule is N#Cc1c(N)sc2c(F)ccc(-c3c(Cl)c4c5c(nc(OC[C@@]67CCCN6C[C@H](F)C7)nc5c3F)N3CC(CC(F)F)NC(=O)C3CCO4)c12. The topological polar surface area (TPSA) is 130 Å². The fourth-order valence-electron chi connectivity index (χ4n) is 8.03. The van der Waals surface area contributed by atoms with Gasteiger partial charge in [-0.3, -0.25) is 9.69 Å². The minimum absolute atomic E-state index is 0.00000626. The molecular weight excluding hydrogens is 705 g/mol. The summed E-state index contributed by atoms with van der Waals surface area (Å²) in [5.74, 6) is -2.24. The number of nitrogens with one attached hydrogen (secondary N) is 1. The first kappa shape index (κ1) is 33.0. The Labute approximate surface area is 290 Å². The van der Waals surface area contributed by atoms with Crippen LogP contribution >= 0.6 is 22.9 Å². The predicted molar refractivity (Wildman–Crippen MR) is 177 cm³/mol. The quantitative estimate of drug-likeness (QED) is 0.231. The monoisotopic (exact) mass is 733 g/mol. The molecular formula is C33H29ClF5N7O3S. The Hall–Kier alpha value is -4.20. The average molecular weight is 734 g/mol. The van der Waals surface area contributed by atoms with Crippen molar-refractivity contribution >= 4 is 60.7 Å². The molecule has 3 fully saturated rings. The zero-order valence-corrected chi connectivity index (χ0v) is 27.8. The van der Waals surface area contributed by atoms with E-state index in [0.717, 1.165) is 23.8 Å². The van der Waals surface area contributed by atoms with E-state index in [1.807, 2.05) is 11.0 Å². The first-order valence-corrected chi connectivity index (χ1v) is 17.3. The third-order valence-electron chi connectivity index (χ3n) is 10.2. The van der Waals surface area contributed by atoms with E-state index in [1.54, 1.807) is 0 Å². The second kappa shape index (κ2) is 12.2. The lowest BCUT2D eigenvalue weighted by Crippen LogP contribution is -2.61. The van der Waals surface area contributed by atoms with E-state index in [9.17, 15) is 27.6 Å². The molecule has 4 atom stereocenters. The summed E-state index contributed by atoms with van der Waals surface area (Å²) in [6.07, 6.45) is -2.52. The molecule has 2 unspecified atom stereocenters. The van der Waals surface area contributed by atoms with Crippen LogP contribution in [-0.2, 0) is 4.79 Å². The number of nitrogen functional groups attached to an aromatic ring is 1. The first-order chi connectivity index (χ1) is 24.0. The van der Waals surface area contributed by atoms with Gasteiger partial charge in [0, 0.05) is 43.3 Å². The number of anilines is 2. The highest BCUT2D eigenvalue weighted by Crippen LogP contribution is 2.51. The lowest BCUT2D eigenvalue weighted by molar-refractivity contribution is -0.125. The predicted octanol–water partition coefficient (Wildman–Crippen LogP) is 5.96. The van der Waals surface area contributed by atoms with Crippen LogP contribution in [0.15, 0.2) is 12.1 Å². The fourth-order valence-corrected chi connectivity index (χ4v) is 9.31. The summed E-state index contributed by atoms with van der Waals surface area (Å²) in [6, 6.07) is 2.22. The summed E-state index contributed by atoms with van der Waals surface area (Å²) in [6.45, 7) is 0.795. The molecule has 1 amide bonds. The fraction of sp³-hybridized carbons (Fsp3) is 0.455. The van der Waals surface area contributed by atoms with E-state index >= 15 is 4.39 Å². The van der Waals surface area contributed by atoms with E-state index in [0.29, 0.717) is 13.0 Å². The van der Waals surface area contributed by atoms with Gasteiger partial charge in [-0.25, -0.2) is 22.0 Å². The first-order valence-electron chi connectivity index (χ1n) is 16.1. The summed E-state index contributed by atoms with van der Waals surface area (Å²) < 4.78 is 86.2. The number of carbonyl (C=O) groups is 1. The van der Waals surface area contributed by atoms with Crippen molar-refractivity contribution in [2.45, 2.75) is 62.3 Å². The Morgan fingerprint density at radius 3 is 2.86 bits per heavy atom. The van der Waals surface area contributed by atoms with Gasteiger partial charge < -0.3 is 25.4 Å². The van der Waals surface area contributed by atoms with Crippen molar-refractivity contribution in [2.24, 2.45) is 0 Å². The number of thiophene rings is 1. The number of hydrogen-bond donors (Lipinski definition) is 2. The van der Waals surface area contributed by atoms with Gasteiger partial charge in [0.15, 0.2) is 11.6 Å². The molecule has 50 heavy (non-hydrogen) atoms. The number of amides is 1. The van der Waals surface area contributed by atoms with Crippen molar-refractivity contribution in [1.29, 1.82) is 5.26 Å². The van der Waals surface area contributed by atoms with Crippen LogP contribution in [0.4, 0.5) is 32.8 Å². The standard InChI is InChI=1S/C33H29ClF5N7O3S/c34-24-22(16-2-3-18(36)28-21(16)17(10-40)29(41)50-28)25(39)26-23-27(24)48-7-4-19-31(47)42-15(8-20(37)38)12-46(19)30(23)44-32(43-26)49-13-33-5-1-6-45(33)11-14(35)9-33/h2-3,14-15,19-20H,1,4-9,11-13,41H2,(H,42,47)/t14-,15?,19?,33+/m1/s1. The van der Waals surface area contributed by atoms with Gasteiger partial charge in [-0.05, 0) is 31.0 Å².